The molecule has 0 aromatic rings. The molecule has 1 aliphatic heterocycles. The van der Waals surface area contributed by atoms with Crippen molar-refractivity contribution in [1.82, 2.24) is 14.3 Å². The third-order valence-corrected chi connectivity index (χ3v) is 3.49. The highest BCUT2D eigenvalue weighted by atomic mass is 32.2. The van der Waals surface area contributed by atoms with Gasteiger partial charge in [0, 0.05) is 26.7 Å². The molecule has 0 atom stereocenters. The molecule has 8 heteroatoms. The maximum atomic E-state index is 11.6. The molecular formula is C7H15N3O4S. The zero-order chi connectivity index (χ0) is 11.3. The largest absolute Gasteiger partial charge is 0.383 e. The van der Waals surface area contributed by atoms with Crippen molar-refractivity contribution < 1.29 is 17.9 Å². The summed E-state index contributed by atoms with van der Waals surface area (Å²) in [5, 5.41) is 2.55. The van der Waals surface area contributed by atoms with Crippen molar-refractivity contribution in [3.8, 4) is 0 Å². The maximum Gasteiger partial charge on any atom is 0.280 e. The van der Waals surface area contributed by atoms with Gasteiger partial charge in [0.25, 0.3) is 10.2 Å². The Morgan fingerprint density at radius 2 is 2.33 bits per heavy atom. The standard InChI is InChI=1S/C7H15N3O4S/c1-14-5-3-9-15(12,13)10-4-2-8-7(11)6-10/h9H,2-6H2,1H3,(H,8,11). The van der Waals surface area contributed by atoms with Gasteiger partial charge < -0.3 is 10.1 Å². The second-order valence-corrected chi connectivity index (χ2v) is 4.83. The van der Waals surface area contributed by atoms with E-state index in [2.05, 4.69) is 10.0 Å². The summed E-state index contributed by atoms with van der Waals surface area (Å²) in [5.41, 5.74) is 0. The van der Waals surface area contributed by atoms with Gasteiger partial charge in [-0.15, -0.1) is 0 Å². The fourth-order valence-electron chi connectivity index (χ4n) is 1.18. The quantitative estimate of drug-likeness (QED) is 0.536. The van der Waals surface area contributed by atoms with Crippen LogP contribution >= 0.6 is 0 Å². The number of amides is 1. The van der Waals surface area contributed by atoms with E-state index in [0.717, 1.165) is 4.31 Å². The number of hydrogen-bond acceptors (Lipinski definition) is 4. The van der Waals surface area contributed by atoms with Gasteiger partial charge in [-0.1, -0.05) is 0 Å². The van der Waals surface area contributed by atoms with Crippen molar-refractivity contribution in [3.05, 3.63) is 0 Å². The Balaban J connectivity index is 2.49. The molecule has 0 aromatic heterocycles. The minimum absolute atomic E-state index is 0.123. The number of methoxy groups -OCH3 is 1. The third-order valence-electron chi connectivity index (χ3n) is 1.93. The Morgan fingerprint density at radius 3 is 2.93 bits per heavy atom. The summed E-state index contributed by atoms with van der Waals surface area (Å²) >= 11 is 0. The first kappa shape index (κ1) is 12.4. The van der Waals surface area contributed by atoms with Crippen LogP contribution in [0.4, 0.5) is 0 Å². The molecule has 1 heterocycles. The number of carbonyl (C=O) groups is 1. The van der Waals surface area contributed by atoms with Gasteiger partial charge in [0.2, 0.25) is 5.91 Å². The Kier molecular flexibility index (Phi) is 4.45. The van der Waals surface area contributed by atoms with E-state index in [4.69, 9.17) is 4.74 Å². The predicted octanol–water partition coefficient (Wildman–Crippen LogP) is -2.10. The van der Waals surface area contributed by atoms with Crippen LogP contribution in [0.25, 0.3) is 0 Å². The lowest BCUT2D eigenvalue weighted by atomic mass is 10.4. The van der Waals surface area contributed by atoms with Gasteiger partial charge in [0.05, 0.1) is 13.2 Å². The molecule has 1 saturated heterocycles. The number of nitrogens with zero attached hydrogens (tertiary/aromatic N) is 1. The monoisotopic (exact) mass is 237 g/mol. The number of carbonyl (C=O) groups excluding carboxylic acids is 1. The van der Waals surface area contributed by atoms with Gasteiger partial charge >= 0.3 is 0 Å². The minimum Gasteiger partial charge on any atom is -0.383 e. The minimum atomic E-state index is -3.55. The van der Waals surface area contributed by atoms with E-state index < -0.39 is 10.2 Å². The van der Waals surface area contributed by atoms with Gasteiger partial charge in [-0.25, -0.2) is 0 Å². The summed E-state index contributed by atoms with van der Waals surface area (Å²) in [4.78, 5) is 11.0. The smallest absolute Gasteiger partial charge is 0.280 e. The molecule has 0 saturated carbocycles. The molecule has 15 heavy (non-hydrogen) atoms. The molecule has 0 spiro atoms. The summed E-state index contributed by atoms with van der Waals surface area (Å²) in [7, 11) is -2.06. The molecule has 7 nitrogen and oxygen atoms in total. The first-order valence-electron chi connectivity index (χ1n) is 4.56. The average molecular weight is 237 g/mol. The molecule has 0 radical (unpaired) electrons. The topological polar surface area (TPSA) is 87.7 Å². The van der Waals surface area contributed by atoms with Crippen LogP contribution in [0, 0.1) is 0 Å². The summed E-state index contributed by atoms with van der Waals surface area (Å²) in [6.07, 6.45) is 0. The lowest BCUT2D eigenvalue weighted by molar-refractivity contribution is -0.122. The van der Waals surface area contributed by atoms with E-state index in [1.54, 1.807) is 0 Å². The first-order valence-corrected chi connectivity index (χ1v) is 6.00. The SMILES string of the molecule is COCCNS(=O)(=O)N1CCNC(=O)C1. The normalized spacial score (nSPS) is 18.9. The van der Waals surface area contributed by atoms with Crippen molar-refractivity contribution in [3.63, 3.8) is 0 Å². The van der Waals surface area contributed by atoms with E-state index >= 15 is 0 Å². The lowest BCUT2D eigenvalue weighted by Gasteiger charge is -2.25. The highest BCUT2D eigenvalue weighted by Crippen LogP contribution is 1.99. The Bertz CT molecular complexity index is 316. The predicted molar refractivity (Wildman–Crippen MR) is 53.4 cm³/mol. The third kappa shape index (κ3) is 3.74. The molecule has 1 fully saturated rings. The van der Waals surface area contributed by atoms with Gasteiger partial charge in [0.1, 0.15) is 0 Å². The molecule has 0 aliphatic carbocycles. The van der Waals surface area contributed by atoms with Crippen molar-refractivity contribution in [2.75, 3.05) is 39.9 Å². The highest BCUT2D eigenvalue weighted by molar-refractivity contribution is 7.87. The zero-order valence-electron chi connectivity index (χ0n) is 8.52. The number of nitrogens with one attached hydrogen (secondary N) is 2. The van der Waals surface area contributed by atoms with Crippen LogP contribution in [0.5, 0.6) is 0 Å². The number of ether oxygens (including phenoxy) is 1. The zero-order valence-corrected chi connectivity index (χ0v) is 9.34. The van der Waals surface area contributed by atoms with E-state index in [-0.39, 0.29) is 19.0 Å². The van der Waals surface area contributed by atoms with Crippen LogP contribution in [0.3, 0.4) is 0 Å². The molecule has 1 aliphatic rings. The summed E-state index contributed by atoms with van der Waals surface area (Å²) in [6.45, 7) is 1.04. The molecule has 1 rings (SSSR count). The van der Waals surface area contributed by atoms with Crippen LogP contribution < -0.4 is 10.0 Å². The summed E-state index contributed by atoms with van der Waals surface area (Å²) in [5.74, 6) is -0.279. The molecule has 0 unspecified atom stereocenters. The van der Waals surface area contributed by atoms with Crippen molar-refractivity contribution in [2.45, 2.75) is 0 Å². The second-order valence-electron chi connectivity index (χ2n) is 3.08. The van der Waals surface area contributed by atoms with Gasteiger partial charge in [-0.3, -0.25) is 4.79 Å². The molecule has 88 valence electrons. The van der Waals surface area contributed by atoms with E-state index in [1.807, 2.05) is 0 Å². The average Bonchev–Trinajstić information content (AvgIpc) is 2.18. The Labute approximate surface area is 89.0 Å². The van der Waals surface area contributed by atoms with Crippen LogP contribution in [-0.4, -0.2) is 58.5 Å². The summed E-state index contributed by atoms with van der Waals surface area (Å²) < 4.78 is 31.3. The van der Waals surface area contributed by atoms with E-state index in [1.165, 1.54) is 7.11 Å². The van der Waals surface area contributed by atoms with Crippen molar-refractivity contribution >= 4 is 16.1 Å². The maximum absolute atomic E-state index is 11.6. The van der Waals surface area contributed by atoms with Crippen LogP contribution in [-0.2, 0) is 19.7 Å². The fourth-order valence-corrected chi connectivity index (χ4v) is 2.33. The Hall–Kier alpha value is -0.700. The van der Waals surface area contributed by atoms with Crippen LogP contribution in [0.15, 0.2) is 0 Å². The number of rotatable bonds is 5. The molecular weight excluding hydrogens is 222 g/mol. The Morgan fingerprint density at radius 1 is 1.60 bits per heavy atom. The van der Waals surface area contributed by atoms with Crippen molar-refractivity contribution in [2.24, 2.45) is 0 Å². The van der Waals surface area contributed by atoms with E-state index in [0.29, 0.717) is 19.7 Å². The van der Waals surface area contributed by atoms with Crippen molar-refractivity contribution in [1.29, 1.82) is 0 Å². The van der Waals surface area contributed by atoms with Gasteiger partial charge in [-0.2, -0.15) is 17.4 Å². The van der Waals surface area contributed by atoms with Crippen LogP contribution in [0.2, 0.25) is 0 Å². The summed E-state index contributed by atoms with van der Waals surface area (Å²) in [6, 6.07) is 0. The lowest BCUT2D eigenvalue weighted by Crippen LogP contribution is -2.53. The number of hydrogen-bond donors (Lipinski definition) is 2. The molecule has 2 N–H and O–H groups in total. The highest BCUT2D eigenvalue weighted by Gasteiger charge is 2.26. The van der Waals surface area contributed by atoms with Crippen LogP contribution in [0.1, 0.15) is 0 Å². The van der Waals surface area contributed by atoms with E-state index in [9.17, 15) is 13.2 Å². The molecule has 0 aromatic carbocycles. The fraction of sp³-hybridized carbons (Fsp3) is 0.857. The van der Waals surface area contributed by atoms with Gasteiger partial charge in [0.15, 0.2) is 0 Å². The molecule has 0 bridgehead atoms. The number of piperazine rings is 1. The molecule has 1 amide bonds. The van der Waals surface area contributed by atoms with Gasteiger partial charge in [-0.05, 0) is 0 Å². The first-order chi connectivity index (χ1) is 7.06. The second kappa shape index (κ2) is 5.40.